The van der Waals surface area contributed by atoms with Gasteiger partial charge in [-0.2, -0.15) is 0 Å². The number of nitrogens with zero attached hydrogens (tertiary/aromatic N) is 1. The number of nitrogens with one attached hydrogen (secondary N) is 1. The smallest absolute Gasteiger partial charge is 0.341 e. The van der Waals surface area contributed by atoms with Crippen molar-refractivity contribution < 1.29 is 22.4 Å². The van der Waals surface area contributed by atoms with E-state index in [0.717, 1.165) is 0 Å². The van der Waals surface area contributed by atoms with Crippen molar-refractivity contribution in [2.24, 2.45) is 0 Å². The minimum Gasteiger partial charge on any atom is -0.467 e. The van der Waals surface area contributed by atoms with Crippen molar-refractivity contribution in [1.29, 1.82) is 0 Å². The van der Waals surface area contributed by atoms with Gasteiger partial charge < -0.3 is 9.15 Å². The average Bonchev–Trinajstić information content (AvgIpc) is 3.12. The number of ether oxygens (including phenoxy) is 1. The Kier molecular flexibility index (Phi) is 6.30. The first-order valence-corrected chi connectivity index (χ1v) is 10.5. The number of carbonyl (C=O) groups excluding carboxylic acids is 1. The van der Waals surface area contributed by atoms with Gasteiger partial charge in [0.1, 0.15) is 11.3 Å². The summed E-state index contributed by atoms with van der Waals surface area (Å²) in [7, 11) is -3.50. The van der Waals surface area contributed by atoms with Crippen LogP contribution in [0.3, 0.4) is 0 Å². The van der Waals surface area contributed by atoms with Gasteiger partial charge in [-0.3, -0.25) is 4.90 Å². The number of benzene rings is 1. The summed E-state index contributed by atoms with van der Waals surface area (Å²) in [5, 5.41) is 0. The predicted molar refractivity (Wildman–Crippen MR) is 99.7 cm³/mol. The number of esters is 1. The Hall–Kier alpha value is -2.16. The van der Waals surface area contributed by atoms with Gasteiger partial charge in [0.25, 0.3) is 0 Å². The Morgan fingerprint density at radius 3 is 2.59 bits per heavy atom. The Bertz CT molecular complexity index is 855. The number of rotatable bonds is 7. The van der Waals surface area contributed by atoms with Crippen LogP contribution >= 0.6 is 0 Å². The molecule has 0 amide bonds. The van der Waals surface area contributed by atoms with Gasteiger partial charge in [-0.05, 0) is 38.0 Å². The lowest BCUT2D eigenvalue weighted by molar-refractivity contribution is 0.0521. The van der Waals surface area contributed by atoms with Gasteiger partial charge in [0.05, 0.1) is 24.3 Å². The number of hydrogen-bond donors (Lipinski definition) is 1. The molecule has 0 spiro atoms. The van der Waals surface area contributed by atoms with Crippen LogP contribution in [0.5, 0.6) is 0 Å². The molecule has 0 atom stereocenters. The van der Waals surface area contributed by atoms with Crippen LogP contribution in [-0.4, -0.2) is 45.0 Å². The summed E-state index contributed by atoms with van der Waals surface area (Å²) in [6, 6.07) is 9.90. The third-order valence-corrected chi connectivity index (χ3v) is 6.11. The summed E-state index contributed by atoms with van der Waals surface area (Å²) in [6.45, 7) is 4.00. The van der Waals surface area contributed by atoms with Gasteiger partial charge in [0.15, 0.2) is 0 Å². The zero-order valence-corrected chi connectivity index (χ0v) is 16.1. The van der Waals surface area contributed by atoms with Gasteiger partial charge in [-0.25, -0.2) is 17.9 Å². The highest BCUT2D eigenvalue weighted by atomic mass is 32.2. The molecule has 146 valence electrons. The molecule has 7 nitrogen and oxygen atoms in total. The maximum absolute atomic E-state index is 12.4. The molecule has 0 saturated carbocycles. The Morgan fingerprint density at radius 2 is 1.93 bits per heavy atom. The summed E-state index contributed by atoms with van der Waals surface area (Å²) < 4.78 is 38.1. The second kappa shape index (κ2) is 8.69. The molecule has 0 aliphatic carbocycles. The molecule has 3 rings (SSSR count). The molecule has 2 aromatic rings. The van der Waals surface area contributed by atoms with Crippen molar-refractivity contribution >= 4 is 16.0 Å². The van der Waals surface area contributed by atoms with E-state index in [2.05, 4.69) is 9.62 Å². The first-order valence-electron chi connectivity index (χ1n) is 9.03. The van der Waals surface area contributed by atoms with Crippen molar-refractivity contribution in [1.82, 2.24) is 9.62 Å². The molecule has 0 bridgehead atoms. The summed E-state index contributed by atoms with van der Waals surface area (Å²) in [6.07, 6.45) is 2.88. The van der Waals surface area contributed by atoms with E-state index < -0.39 is 10.0 Å². The molecule has 1 aromatic heterocycles. The van der Waals surface area contributed by atoms with Crippen LogP contribution in [0.1, 0.15) is 35.9 Å². The third-order valence-electron chi connectivity index (χ3n) is 4.57. The first kappa shape index (κ1) is 19.6. The zero-order valence-electron chi connectivity index (χ0n) is 15.3. The van der Waals surface area contributed by atoms with Gasteiger partial charge in [0.2, 0.25) is 10.0 Å². The minimum atomic E-state index is -3.50. The highest BCUT2D eigenvalue weighted by Crippen LogP contribution is 2.19. The van der Waals surface area contributed by atoms with Crippen molar-refractivity contribution in [3.05, 3.63) is 54.0 Å². The average molecular weight is 392 g/mol. The van der Waals surface area contributed by atoms with Crippen LogP contribution in [0.4, 0.5) is 0 Å². The van der Waals surface area contributed by atoms with Crippen LogP contribution < -0.4 is 4.72 Å². The maximum Gasteiger partial charge on any atom is 0.341 e. The van der Waals surface area contributed by atoms with Crippen LogP contribution in [0.2, 0.25) is 0 Å². The highest BCUT2D eigenvalue weighted by molar-refractivity contribution is 7.89. The van der Waals surface area contributed by atoms with Gasteiger partial charge in [-0.15, -0.1) is 0 Å². The third kappa shape index (κ3) is 4.97. The van der Waals surface area contributed by atoms with Crippen LogP contribution in [0, 0.1) is 0 Å². The monoisotopic (exact) mass is 392 g/mol. The summed E-state index contributed by atoms with van der Waals surface area (Å²) in [5.41, 5.74) is 0.448. The Balaban J connectivity index is 1.54. The molecular formula is C19H24N2O5S. The molecule has 1 aromatic carbocycles. The van der Waals surface area contributed by atoms with Crippen LogP contribution in [0.15, 0.2) is 52.0 Å². The summed E-state index contributed by atoms with van der Waals surface area (Å²) in [5.74, 6) is 0.198. The van der Waals surface area contributed by atoms with Crippen molar-refractivity contribution in [2.75, 3.05) is 19.7 Å². The second-order valence-corrected chi connectivity index (χ2v) is 8.18. The molecule has 1 fully saturated rings. The molecule has 0 radical (unpaired) electrons. The molecule has 8 heteroatoms. The topological polar surface area (TPSA) is 88.8 Å². The fourth-order valence-electron chi connectivity index (χ4n) is 3.15. The Labute approximate surface area is 159 Å². The van der Waals surface area contributed by atoms with Crippen LogP contribution in [-0.2, 0) is 21.3 Å². The number of likely N-dealkylation sites (tertiary alicyclic amines) is 1. The number of piperidine rings is 1. The van der Waals surface area contributed by atoms with Crippen molar-refractivity contribution in [3.63, 3.8) is 0 Å². The van der Waals surface area contributed by atoms with Gasteiger partial charge in [-0.1, -0.05) is 18.2 Å². The zero-order chi connectivity index (χ0) is 19.3. The lowest BCUT2D eigenvalue weighted by Crippen LogP contribution is -2.44. The van der Waals surface area contributed by atoms with E-state index in [0.29, 0.717) is 50.4 Å². The van der Waals surface area contributed by atoms with E-state index in [1.165, 1.54) is 6.26 Å². The van der Waals surface area contributed by atoms with Gasteiger partial charge in [0, 0.05) is 19.1 Å². The van der Waals surface area contributed by atoms with E-state index >= 15 is 0 Å². The number of carbonyl (C=O) groups is 1. The summed E-state index contributed by atoms with van der Waals surface area (Å²) in [4.78, 5) is 14.4. The molecule has 1 saturated heterocycles. The van der Waals surface area contributed by atoms with E-state index in [-0.39, 0.29) is 16.9 Å². The number of furan rings is 1. The molecular weight excluding hydrogens is 368 g/mol. The second-order valence-electron chi connectivity index (χ2n) is 6.46. The molecule has 2 heterocycles. The maximum atomic E-state index is 12.4. The number of sulfonamides is 1. The normalized spacial score (nSPS) is 16.3. The summed E-state index contributed by atoms with van der Waals surface area (Å²) >= 11 is 0. The first-order chi connectivity index (χ1) is 13.0. The fourth-order valence-corrected chi connectivity index (χ4v) is 4.48. The molecule has 1 N–H and O–H groups in total. The fraction of sp³-hybridized carbons (Fsp3) is 0.421. The lowest BCUT2D eigenvalue weighted by atomic mass is 10.1. The highest BCUT2D eigenvalue weighted by Gasteiger charge is 2.26. The quantitative estimate of drug-likeness (QED) is 0.728. The van der Waals surface area contributed by atoms with E-state index in [1.54, 1.807) is 43.3 Å². The van der Waals surface area contributed by atoms with Crippen molar-refractivity contribution in [3.8, 4) is 0 Å². The van der Waals surface area contributed by atoms with Gasteiger partial charge >= 0.3 is 5.97 Å². The molecule has 1 aliphatic rings. The number of hydrogen-bond acceptors (Lipinski definition) is 6. The minimum absolute atomic E-state index is 0.104. The Morgan fingerprint density at radius 1 is 1.22 bits per heavy atom. The van der Waals surface area contributed by atoms with Crippen molar-refractivity contribution in [2.45, 2.75) is 37.2 Å². The largest absolute Gasteiger partial charge is 0.467 e. The molecule has 27 heavy (non-hydrogen) atoms. The molecule has 1 aliphatic heterocycles. The molecule has 0 unspecified atom stereocenters. The standard InChI is InChI=1S/C19H24N2O5S/c1-2-25-19(22)17-10-13-26-18(17)14-21-11-8-15(9-12-21)20-27(23,24)16-6-4-3-5-7-16/h3-7,10,13,15,20H,2,8-9,11-12,14H2,1H3. The SMILES string of the molecule is CCOC(=O)c1ccoc1CN1CCC(NS(=O)(=O)c2ccccc2)CC1. The van der Waals surface area contributed by atoms with E-state index in [4.69, 9.17) is 9.15 Å². The van der Waals surface area contributed by atoms with E-state index in [9.17, 15) is 13.2 Å². The lowest BCUT2D eigenvalue weighted by Gasteiger charge is -2.31. The van der Waals surface area contributed by atoms with E-state index in [1.807, 2.05) is 0 Å². The van der Waals surface area contributed by atoms with Crippen LogP contribution in [0.25, 0.3) is 0 Å². The predicted octanol–water partition coefficient (Wildman–Crippen LogP) is 2.40.